The monoisotopic (exact) mass is 381 g/mol. The normalized spacial score (nSPS) is 14.8. The molecule has 132 valence electrons. The van der Waals surface area contributed by atoms with E-state index in [1.807, 2.05) is 37.3 Å². The van der Waals surface area contributed by atoms with Crippen molar-refractivity contribution in [3.8, 4) is 11.8 Å². The number of rotatable bonds is 4. The Hall–Kier alpha value is -2.10. The molecule has 0 unspecified atom stereocenters. The van der Waals surface area contributed by atoms with E-state index < -0.39 is 0 Å². The predicted octanol–water partition coefficient (Wildman–Crippen LogP) is 4.58. The Kier molecular flexibility index (Phi) is 4.84. The van der Waals surface area contributed by atoms with Crippen molar-refractivity contribution in [1.29, 1.82) is 5.26 Å². The van der Waals surface area contributed by atoms with Gasteiger partial charge in [-0.3, -0.25) is 9.36 Å². The summed E-state index contributed by atoms with van der Waals surface area (Å²) in [5.41, 5.74) is 2.06. The Morgan fingerprint density at radius 3 is 2.85 bits per heavy atom. The van der Waals surface area contributed by atoms with Crippen LogP contribution >= 0.6 is 23.1 Å². The van der Waals surface area contributed by atoms with Gasteiger partial charge in [0.15, 0.2) is 5.16 Å². The van der Waals surface area contributed by atoms with Crippen molar-refractivity contribution in [1.82, 2.24) is 9.55 Å². The van der Waals surface area contributed by atoms with E-state index in [2.05, 4.69) is 6.07 Å². The van der Waals surface area contributed by atoms with Crippen molar-refractivity contribution in [3.05, 3.63) is 51.1 Å². The third-order valence-corrected chi connectivity index (χ3v) is 7.04. The molecule has 0 saturated carbocycles. The fourth-order valence-electron chi connectivity index (χ4n) is 3.32. The Morgan fingerprint density at radius 2 is 2.08 bits per heavy atom. The average molecular weight is 382 g/mol. The fourth-order valence-corrected chi connectivity index (χ4v) is 5.58. The first-order valence-corrected chi connectivity index (χ1v) is 10.6. The van der Waals surface area contributed by atoms with E-state index in [0.717, 1.165) is 35.2 Å². The van der Waals surface area contributed by atoms with Crippen LogP contribution in [0.5, 0.6) is 0 Å². The second-order valence-electron chi connectivity index (χ2n) is 6.60. The summed E-state index contributed by atoms with van der Waals surface area (Å²) >= 11 is 3.15. The van der Waals surface area contributed by atoms with Crippen LogP contribution in [0.4, 0.5) is 0 Å². The van der Waals surface area contributed by atoms with Crippen LogP contribution < -0.4 is 5.56 Å². The molecule has 1 aliphatic carbocycles. The van der Waals surface area contributed by atoms with E-state index in [9.17, 15) is 4.79 Å². The smallest absolute Gasteiger partial charge is 0.267 e. The van der Waals surface area contributed by atoms with Gasteiger partial charge in [0.1, 0.15) is 4.83 Å². The summed E-state index contributed by atoms with van der Waals surface area (Å²) in [5.74, 6) is 0.528. The third kappa shape index (κ3) is 3.06. The highest BCUT2D eigenvalue weighted by molar-refractivity contribution is 7.99. The molecular weight excluding hydrogens is 362 g/mol. The van der Waals surface area contributed by atoms with Crippen LogP contribution in [0.15, 0.2) is 40.3 Å². The van der Waals surface area contributed by atoms with E-state index in [0.29, 0.717) is 10.9 Å². The maximum Gasteiger partial charge on any atom is 0.267 e. The number of benzene rings is 1. The number of hydrogen-bond acceptors (Lipinski definition) is 5. The van der Waals surface area contributed by atoms with Crippen molar-refractivity contribution < 1.29 is 0 Å². The van der Waals surface area contributed by atoms with Crippen LogP contribution in [0.3, 0.4) is 0 Å². The van der Waals surface area contributed by atoms with Crippen molar-refractivity contribution in [2.24, 2.45) is 5.92 Å². The molecule has 3 aromatic rings. The number of aryl methyl sites for hydroxylation is 2. The second kappa shape index (κ2) is 7.26. The molecule has 2 aromatic heterocycles. The van der Waals surface area contributed by atoms with Gasteiger partial charge < -0.3 is 0 Å². The van der Waals surface area contributed by atoms with E-state index in [-0.39, 0.29) is 11.5 Å². The predicted molar refractivity (Wildman–Crippen MR) is 107 cm³/mol. The lowest BCUT2D eigenvalue weighted by Gasteiger charge is -2.13. The van der Waals surface area contributed by atoms with Crippen molar-refractivity contribution in [2.45, 2.75) is 37.8 Å². The van der Waals surface area contributed by atoms with Gasteiger partial charge in [0.25, 0.3) is 5.56 Å². The number of hydrogen-bond donors (Lipinski definition) is 0. The Bertz CT molecular complexity index is 1050. The maximum absolute atomic E-state index is 13.4. The van der Waals surface area contributed by atoms with Crippen LogP contribution in [0.25, 0.3) is 15.9 Å². The SMILES string of the molecule is C[C@@H](C#N)CSc1nc2sc3c(c2c(=O)n1-c1ccccc1)CCCC3. The van der Waals surface area contributed by atoms with Crippen LogP contribution in [0, 0.1) is 17.2 Å². The van der Waals surface area contributed by atoms with E-state index in [1.165, 1.54) is 28.6 Å². The van der Waals surface area contributed by atoms with Crippen molar-refractivity contribution in [3.63, 3.8) is 0 Å². The molecule has 1 atom stereocenters. The van der Waals surface area contributed by atoms with Gasteiger partial charge in [0, 0.05) is 10.6 Å². The van der Waals surface area contributed by atoms with Crippen LogP contribution in [0.1, 0.15) is 30.2 Å². The molecule has 0 saturated heterocycles. The number of nitrogens with zero attached hydrogens (tertiary/aromatic N) is 3. The molecular formula is C20H19N3OS2. The Balaban J connectivity index is 1.93. The lowest BCUT2D eigenvalue weighted by molar-refractivity contribution is 0.699. The Morgan fingerprint density at radius 1 is 1.31 bits per heavy atom. The summed E-state index contributed by atoms with van der Waals surface area (Å²) in [7, 11) is 0. The summed E-state index contributed by atoms with van der Waals surface area (Å²) in [6.45, 7) is 1.89. The van der Waals surface area contributed by atoms with Gasteiger partial charge in [0.2, 0.25) is 0 Å². The second-order valence-corrected chi connectivity index (χ2v) is 8.67. The minimum absolute atomic E-state index is 0.0210. The lowest BCUT2D eigenvalue weighted by Crippen LogP contribution is -2.22. The highest BCUT2D eigenvalue weighted by atomic mass is 32.2. The molecule has 0 spiro atoms. The minimum atomic E-state index is -0.0895. The van der Waals surface area contributed by atoms with Gasteiger partial charge in [-0.25, -0.2) is 4.98 Å². The number of thiophene rings is 1. The molecule has 0 bridgehead atoms. The first-order chi connectivity index (χ1) is 12.7. The van der Waals surface area contributed by atoms with Crippen LogP contribution in [-0.4, -0.2) is 15.3 Å². The molecule has 4 nitrogen and oxygen atoms in total. The molecule has 4 rings (SSSR count). The molecule has 0 radical (unpaired) electrons. The van der Waals surface area contributed by atoms with Crippen molar-refractivity contribution in [2.75, 3.05) is 5.75 Å². The standard InChI is InChI=1S/C20H19N3OS2/c1-13(11-21)12-25-20-22-18-17(15-9-5-6-10-16(15)26-18)19(24)23(20)14-7-3-2-4-8-14/h2-4,7-8,13H,5-6,9-10,12H2,1H3/t13-/m0/s1. The summed E-state index contributed by atoms with van der Waals surface area (Å²) in [6, 6.07) is 11.9. The molecule has 0 fully saturated rings. The van der Waals surface area contributed by atoms with Gasteiger partial charge in [-0.2, -0.15) is 5.26 Å². The zero-order valence-electron chi connectivity index (χ0n) is 14.6. The van der Waals surface area contributed by atoms with Gasteiger partial charge in [-0.05, 0) is 50.3 Å². The Labute approximate surface area is 160 Å². The lowest BCUT2D eigenvalue weighted by atomic mass is 9.97. The first kappa shape index (κ1) is 17.3. The zero-order chi connectivity index (χ0) is 18.1. The molecule has 1 aromatic carbocycles. The molecule has 0 aliphatic heterocycles. The quantitative estimate of drug-likeness (QED) is 0.490. The number of aromatic nitrogens is 2. The molecule has 6 heteroatoms. The largest absolute Gasteiger partial charge is 0.268 e. The highest BCUT2D eigenvalue weighted by Gasteiger charge is 2.23. The number of para-hydroxylation sites is 1. The number of thioether (sulfide) groups is 1. The van der Waals surface area contributed by atoms with Gasteiger partial charge in [-0.15, -0.1) is 11.3 Å². The molecule has 0 amide bonds. The summed E-state index contributed by atoms with van der Waals surface area (Å²) in [5, 5.41) is 10.6. The molecule has 26 heavy (non-hydrogen) atoms. The highest BCUT2D eigenvalue weighted by Crippen LogP contribution is 2.35. The van der Waals surface area contributed by atoms with E-state index >= 15 is 0 Å². The van der Waals surface area contributed by atoms with Gasteiger partial charge in [-0.1, -0.05) is 30.0 Å². The third-order valence-electron chi connectivity index (χ3n) is 4.66. The van der Waals surface area contributed by atoms with E-state index in [1.54, 1.807) is 15.9 Å². The minimum Gasteiger partial charge on any atom is -0.268 e. The van der Waals surface area contributed by atoms with Crippen LogP contribution in [-0.2, 0) is 12.8 Å². The summed E-state index contributed by atoms with van der Waals surface area (Å²) in [4.78, 5) is 20.5. The first-order valence-electron chi connectivity index (χ1n) is 8.84. The van der Waals surface area contributed by atoms with Gasteiger partial charge in [0.05, 0.1) is 23.1 Å². The summed E-state index contributed by atoms with van der Waals surface area (Å²) < 4.78 is 1.72. The maximum atomic E-state index is 13.4. The molecule has 2 heterocycles. The number of nitriles is 1. The number of fused-ring (bicyclic) bond motifs is 3. The van der Waals surface area contributed by atoms with Crippen LogP contribution in [0.2, 0.25) is 0 Å². The molecule has 0 N–H and O–H groups in total. The van der Waals surface area contributed by atoms with Gasteiger partial charge >= 0.3 is 0 Å². The fraction of sp³-hybridized carbons (Fsp3) is 0.350. The summed E-state index contributed by atoms with van der Waals surface area (Å²) in [6.07, 6.45) is 4.35. The average Bonchev–Trinajstić information content (AvgIpc) is 3.05. The molecule has 1 aliphatic rings. The van der Waals surface area contributed by atoms with Crippen molar-refractivity contribution >= 4 is 33.3 Å². The zero-order valence-corrected chi connectivity index (χ0v) is 16.2. The topological polar surface area (TPSA) is 58.7 Å². The van der Waals surface area contributed by atoms with E-state index in [4.69, 9.17) is 10.2 Å².